The summed E-state index contributed by atoms with van der Waals surface area (Å²) in [5, 5.41) is 10.8. The molecule has 2 aliphatic rings. The first-order valence-corrected chi connectivity index (χ1v) is 11.3. The molecule has 4 rings (SSSR count). The molecule has 2 atom stereocenters. The Morgan fingerprint density at radius 1 is 0.816 bits per heavy atom. The fourth-order valence-electron chi connectivity index (χ4n) is 3.96. The molecule has 2 fully saturated rings. The van der Waals surface area contributed by atoms with Crippen LogP contribution in [-0.2, 0) is 23.8 Å². The van der Waals surface area contributed by atoms with Crippen LogP contribution in [0.1, 0.15) is 23.3 Å². The van der Waals surface area contributed by atoms with E-state index in [0.717, 1.165) is 6.07 Å². The van der Waals surface area contributed by atoms with Crippen molar-refractivity contribution in [1.29, 1.82) is 0 Å². The van der Waals surface area contributed by atoms with Crippen molar-refractivity contribution in [3.63, 3.8) is 0 Å². The summed E-state index contributed by atoms with van der Waals surface area (Å²) in [4.78, 5) is 25.4. The van der Waals surface area contributed by atoms with Gasteiger partial charge in [-0.15, -0.1) is 0 Å². The Morgan fingerprint density at radius 3 is 1.53 bits per heavy atom. The molecule has 2 heterocycles. The topological polar surface area (TPSA) is 91.4 Å². The van der Waals surface area contributed by atoms with E-state index in [1.807, 2.05) is 0 Å². The Hall–Kier alpha value is -2.78. The van der Waals surface area contributed by atoms with E-state index in [2.05, 4.69) is 4.74 Å². The molecule has 202 valence electrons. The van der Waals surface area contributed by atoms with Gasteiger partial charge in [-0.05, 0) is 35.4 Å². The van der Waals surface area contributed by atoms with Gasteiger partial charge in [-0.3, -0.25) is 0 Å². The minimum Gasteiger partial charge on any atom is -0.547 e. The largest absolute Gasteiger partial charge is 1.00 e. The number of carbonyl (C=O) groups is 2. The van der Waals surface area contributed by atoms with E-state index >= 15 is 0 Å². The van der Waals surface area contributed by atoms with Gasteiger partial charge in [0.25, 0.3) is 0 Å². The molecule has 0 spiro atoms. The first-order chi connectivity index (χ1) is 17.6. The Balaban J connectivity index is 0.000000260. The number of aliphatic carboxylic acids is 1. The SMILES string of the molecule is COC(=O)C(OC)c1ccc(F)c(N2CC(F)C2)c1.COC(C(=O)[O-])c1ccc(F)c(N2CC(F)C2)c1.[Li+]. The number of anilines is 2. The fraction of sp³-hybridized carbons (Fsp3) is 0.440. The molecule has 2 aliphatic heterocycles. The Kier molecular flexibility index (Phi) is 11.5. The van der Waals surface area contributed by atoms with Gasteiger partial charge < -0.3 is 33.9 Å². The van der Waals surface area contributed by atoms with Crippen LogP contribution in [0.4, 0.5) is 28.9 Å². The summed E-state index contributed by atoms with van der Waals surface area (Å²) in [6, 6.07) is 8.00. The summed E-state index contributed by atoms with van der Waals surface area (Å²) < 4.78 is 67.3. The predicted molar refractivity (Wildman–Crippen MR) is 124 cm³/mol. The number of halogens is 4. The quantitative estimate of drug-likeness (QED) is 0.249. The smallest absolute Gasteiger partial charge is 0.547 e. The molecule has 2 saturated heterocycles. The molecule has 0 saturated carbocycles. The number of hydrogen-bond acceptors (Lipinski definition) is 8. The molecule has 2 aromatic carbocycles. The molecule has 8 nitrogen and oxygen atoms in total. The third-order valence-electron chi connectivity index (χ3n) is 6.00. The molecule has 0 amide bonds. The van der Waals surface area contributed by atoms with Crippen molar-refractivity contribution in [1.82, 2.24) is 0 Å². The zero-order valence-corrected chi connectivity index (χ0v) is 21.5. The number of alkyl halides is 2. The Labute approximate surface area is 229 Å². The van der Waals surface area contributed by atoms with E-state index in [-0.39, 0.29) is 62.0 Å². The van der Waals surface area contributed by atoms with Crippen LogP contribution in [0.15, 0.2) is 36.4 Å². The van der Waals surface area contributed by atoms with Crippen LogP contribution in [0.25, 0.3) is 0 Å². The third-order valence-corrected chi connectivity index (χ3v) is 6.00. The number of benzene rings is 2. The number of carboxylic acid groups (broad SMARTS) is 1. The summed E-state index contributed by atoms with van der Waals surface area (Å²) in [6.45, 7) is 0.555. The van der Waals surface area contributed by atoms with E-state index in [1.165, 1.54) is 56.6 Å². The molecular formula is C25H27F4LiN2O6. The number of methoxy groups -OCH3 is 3. The van der Waals surface area contributed by atoms with Crippen molar-refractivity contribution in [2.45, 2.75) is 24.6 Å². The number of rotatable bonds is 8. The number of carbonyl (C=O) groups excluding carboxylic acids is 2. The monoisotopic (exact) mass is 534 g/mol. The molecule has 0 bridgehead atoms. The maximum absolute atomic E-state index is 13.7. The van der Waals surface area contributed by atoms with Crippen LogP contribution in [0.5, 0.6) is 0 Å². The minimum atomic E-state index is -1.40. The van der Waals surface area contributed by atoms with Crippen LogP contribution in [0.3, 0.4) is 0 Å². The summed E-state index contributed by atoms with van der Waals surface area (Å²) in [5.41, 5.74) is 1.21. The standard InChI is InChI=1S/C13H15F2NO3.C12H13F2NO3.Li/c1-18-12(13(17)19-2)8-3-4-10(15)11(5-8)16-6-9(14)7-16;1-18-11(12(16)17)7-2-3-9(14)10(4-7)15-5-8(13)6-15;/h3-5,9,12H,6-7H2,1-2H3;2-4,8,11H,5-6H2,1H3,(H,16,17);/q;;+1/p-1. The Morgan fingerprint density at radius 2 is 1.21 bits per heavy atom. The number of ether oxygens (including phenoxy) is 3. The number of esters is 1. The molecule has 0 aromatic heterocycles. The van der Waals surface area contributed by atoms with Gasteiger partial charge in [0.1, 0.15) is 30.1 Å². The number of carboxylic acids is 1. The van der Waals surface area contributed by atoms with E-state index in [0.29, 0.717) is 5.56 Å². The molecule has 38 heavy (non-hydrogen) atoms. The average molecular weight is 534 g/mol. The van der Waals surface area contributed by atoms with Gasteiger partial charge in [-0.25, -0.2) is 22.4 Å². The van der Waals surface area contributed by atoms with Crippen molar-refractivity contribution in [3.05, 3.63) is 59.2 Å². The second-order valence-corrected chi connectivity index (χ2v) is 8.50. The summed E-state index contributed by atoms with van der Waals surface area (Å²) >= 11 is 0. The number of hydrogen-bond donors (Lipinski definition) is 0. The van der Waals surface area contributed by atoms with Gasteiger partial charge in [0.15, 0.2) is 6.10 Å². The first-order valence-electron chi connectivity index (χ1n) is 11.3. The average Bonchev–Trinajstić information content (AvgIpc) is 2.83. The van der Waals surface area contributed by atoms with E-state index in [1.54, 1.807) is 4.90 Å². The first kappa shape index (κ1) is 31.4. The van der Waals surface area contributed by atoms with Gasteiger partial charge in [0.2, 0.25) is 0 Å². The van der Waals surface area contributed by atoms with Crippen molar-refractivity contribution < 1.29 is 65.3 Å². The van der Waals surface area contributed by atoms with Crippen molar-refractivity contribution in [3.8, 4) is 0 Å². The molecule has 0 radical (unpaired) electrons. The third kappa shape index (κ3) is 7.20. The van der Waals surface area contributed by atoms with Crippen LogP contribution >= 0.6 is 0 Å². The van der Waals surface area contributed by atoms with Crippen LogP contribution < -0.4 is 33.8 Å². The van der Waals surface area contributed by atoms with Gasteiger partial charge in [0.05, 0.1) is 50.6 Å². The zero-order chi connectivity index (χ0) is 27.3. The Bertz CT molecular complexity index is 1120. The van der Waals surface area contributed by atoms with E-state index < -0.39 is 48.1 Å². The molecular weight excluding hydrogens is 507 g/mol. The molecule has 13 heteroatoms. The fourth-order valence-corrected chi connectivity index (χ4v) is 3.96. The van der Waals surface area contributed by atoms with Crippen LogP contribution in [0, 0.1) is 11.6 Å². The van der Waals surface area contributed by atoms with Crippen molar-refractivity contribution >= 4 is 23.3 Å². The molecule has 0 N–H and O–H groups in total. The normalized spacial score (nSPS) is 16.7. The molecule has 2 aromatic rings. The summed E-state index contributed by atoms with van der Waals surface area (Å²) in [5.74, 6) is -2.93. The van der Waals surface area contributed by atoms with Gasteiger partial charge in [0, 0.05) is 14.2 Å². The number of nitrogens with zero attached hydrogens (tertiary/aromatic N) is 2. The van der Waals surface area contributed by atoms with Crippen LogP contribution in [-0.4, -0.2) is 71.8 Å². The zero-order valence-electron chi connectivity index (χ0n) is 21.5. The maximum atomic E-state index is 13.7. The van der Waals surface area contributed by atoms with Gasteiger partial charge >= 0.3 is 24.8 Å². The second kappa shape index (κ2) is 13.8. The minimum absolute atomic E-state index is 0. The summed E-state index contributed by atoms with van der Waals surface area (Å²) in [6.07, 6.45) is -4.06. The van der Waals surface area contributed by atoms with Crippen molar-refractivity contribution in [2.24, 2.45) is 0 Å². The second-order valence-electron chi connectivity index (χ2n) is 8.50. The predicted octanol–water partition coefficient (Wildman–Crippen LogP) is -0.730. The van der Waals surface area contributed by atoms with Gasteiger partial charge in [-0.1, -0.05) is 12.1 Å². The maximum Gasteiger partial charge on any atom is 1.00 e. The van der Waals surface area contributed by atoms with E-state index in [9.17, 15) is 32.3 Å². The molecule has 2 unspecified atom stereocenters. The van der Waals surface area contributed by atoms with Crippen molar-refractivity contribution in [2.75, 3.05) is 57.3 Å². The summed E-state index contributed by atoms with van der Waals surface area (Å²) in [7, 11) is 3.85. The molecule has 0 aliphatic carbocycles. The van der Waals surface area contributed by atoms with Crippen LogP contribution in [0.2, 0.25) is 0 Å². The van der Waals surface area contributed by atoms with Gasteiger partial charge in [-0.2, -0.15) is 0 Å². The van der Waals surface area contributed by atoms with E-state index in [4.69, 9.17) is 9.47 Å².